The summed E-state index contributed by atoms with van der Waals surface area (Å²) in [5, 5.41) is 2.76. The molecule has 1 atom stereocenters. The molecule has 0 aliphatic carbocycles. The number of likely N-dealkylation sites (N-methyl/N-ethyl adjacent to an activating group) is 1. The zero-order chi connectivity index (χ0) is 18.5. The Labute approximate surface area is 160 Å². The van der Waals surface area contributed by atoms with Gasteiger partial charge in [0.2, 0.25) is 5.91 Å². The lowest BCUT2D eigenvalue weighted by molar-refractivity contribution is -0.130. The van der Waals surface area contributed by atoms with Gasteiger partial charge >= 0.3 is 0 Å². The zero-order valence-corrected chi connectivity index (χ0v) is 16.1. The average Bonchev–Trinajstić information content (AvgIpc) is 3.28. The first-order chi connectivity index (χ1) is 12.5. The molecule has 6 nitrogen and oxygen atoms in total. The van der Waals surface area contributed by atoms with Gasteiger partial charge in [-0.2, -0.15) is 0 Å². The summed E-state index contributed by atoms with van der Waals surface area (Å²) in [7, 11) is 1.81. The normalized spacial score (nSPS) is 16.5. The van der Waals surface area contributed by atoms with Gasteiger partial charge in [-0.25, -0.2) is 0 Å². The van der Waals surface area contributed by atoms with Crippen LogP contribution in [0.5, 0.6) is 0 Å². The maximum atomic E-state index is 12.3. The Morgan fingerprint density at radius 2 is 2.00 bits per heavy atom. The predicted octanol–water partition coefficient (Wildman–Crippen LogP) is 3.47. The lowest BCUT2D eigenvalue weighted by Gasteiger charge is -2.21. The molecule has 1 saturated heterocycles. The first-order valence-corrected chi connectivity index (χ1v) is 9.32. The first kappa shape index (κ1) is 18.7. The van der Waals surface area contributed by atoms with Crippen LogP contribution in [-0.2, 0) is 16.0 Å². The van der Waals surface area contributed by atoms with Gasteiger partial charge in [-0.15, -0.1) is 0 Å². The van der Waals surface area contributed by atoms with Gasteiger partial charge in [-0.3, -0.25) is 9.59 Å². The molecule has 1 unspecified atom stereocenters. The average molecular weight is 421 g/mol. The molecule has 1 aliphatic heterocycles. The number of halogens is 1. The van der Waals surface area contributed by atoms with Crippen LogP contribution in [0.1, 0.15) is 29.0 Å². The molecule has 1 aromatic carbocycles. The van der Waals surface area contributed by atoms with Crippen LogP contribution >= 0.6 is 15.9 Å². The van der Waals surface area contributed by atoms with E-state index >= 15 is 0 Å². The van der Waals surface area contributed by atoms with Crippen molar-refractivity contribution in [2.24, 2.45) is 0 Å². The van der Waals surface area contributed by atoms with Crippen LogP contribution in [0.15, 0.2) is 45.5 Å². The maximum absolute atomic E-state index is 12.3. The van der Waals surface area contributed by atoms with E-state index < -0.39 is 0 Å². The van der Waals surface area contributed by atoms with Crippen molar-refractivity contribution in [3.05, 3.63) is 52.4 Å². The van der Waals surface area contributed by atoms with Crippen molar-refractivity contribution >= 4 is 33.4 Å². The Hall–Kier alpha value is -2.12. The number of benzene rings is 1. The van der Waals surface area contributed by atoms with Gasteiger partial charge in [-0.1, -0.05) is 12.1 Å². The van der Waals surface area contributed by atoms with E-state index in [1.807, 2.05) is 12.1 Å². The first-order valence-electron chi connectivity index (χ1n) is 8.52. The standard InChI is InChI=1S/C19H21BrN2O4/c1-22(12-15-3-2-10-25-15)18(23)11-13-4-6-14(7-5-13)21-19(24)16-8-9-17(20)26-16/h4-9,15H,2-3,10-12H2,1H3,(H,21,24). The van der Waals surface area contributed by atoms with Gasteiger partial charge in [0, 0.05) is 25.9 Å². The number of ether oxygens (including phenoxy) is 1. The number of carbonyl (C=O) groups excluding carboxylic acids is 2. The van der Waals surface area contributed by atoms with Crippen molar-refractivity contribution in [3.63, 3.8) is 0 Å². The third-order valence-electron chi connectivity index (χ3n) is 4.29. The van der Waals surface area contributed by atoms with Crippen LogP contribution in [-0.4, -0.2) is 43.0 Å². The van der Waals surface area contributed by atoms with Gasteiger partial charge in [0.15, 0.2) is 10.4 Å². The van der Waals surface area contributed by atoms with Crippen molar-refractivity contribution in [1.29, 1.82) is 0 Å². The van der Waals surface area contributed by atoms with Crippen molar-refractivity contribution in [1.82, 2.24) is 4.90 Å². The van der Waals surface area contributed by atoms with Crippen LogP contribution in [0.2, 0.25) is 0 Å². The lowest BCUT2D eigenvalue weighted by atomic mass is 10.1. The summed E-state index contributed by atoms with van der Waals surface area (Å²) in [6.07, 6.45) is 2.55. The van der Waals surface area contributed by atoms with Gasteiger partial charge in [-0.05, 0) is 58.6 Å². The second kappa shape index (κ2) is 8.51. The summed E-state index contributed by atoms with van der Waals surface area (Å²) < 4.78 is 11.3. The van der Waals surface area contributed by atoms with Crippen molar-refractivity contribution < 1.29 is 18.7 Å². The van der Waals surface area contributed by atoms with E-state index in [-0.39, 0.29) is 23.7 Å². The maximum Gasteiger partial charge on any atom is 0.291 e. The molecule has 2 aromatic rings. The minimum atomic E-state index is -0.323. The Balaban J connectivity index is 1.52. The molecule has 0 bridgehead atoms. The molecule has 7 heteroatoms. The molecule has 138 valence electrons. The fraction of sp³-hybridized carbons (Fsp3) is 0.368. The molecule has 1 N–H and O–H groups in total. The van der Waals surface area contributed by atoms with Crippen LogP contribution < -0.4 is 5.32 Å². The fourth-order valence-electron chi connectivity index (χ4n) is 2.84. The number of hydrogen-bond donors (Lipinski definition) is 1. The molecule has 26 heavy (non-hydrogen) atoms. The van der Waals surface area contributed by atoms with Gasteiger partial charge in [0.05, 0.1) is 12.5 Å². The molecule has 2 amide bonds. The summed E-state index contributed by atoms with van der Waals surface area (Å²) in [5.74, 6) is -0.0413. The second-order valence-electron chi connectivity index (χ2n) is 6.34. The zero-order valence-electron chi connectivity index (χ0n) is 14.5. The number of furan rings is 1. The van der Waals surface area contributed by atoms with Crippen molar-refractivity contribution in [2.75, 3.05) is 25.5 Å². The van der Waals surface area contributed by atoms with Crippen LogP contribution in [0.3, 0.4) is 0 Å². The second-order valence-corrected chi connectivity index (χ2v) is 7.12. The number of rotatable bonds is 6. The van der Waals surface area contributed by atoms with E-state index in [2.05, 4.69) is 21.2 Å². The molecular formula is C19H21BrN2O4. The summed E-state index contributed by atoms with van der Waals surface area (Å²) >= 11 is 3.17. The molecular weight excluding hydrogens is 400 g/mol. The minimum absolute atomic E-state index is 0.0534. The van der Waals surface area contributed by atoms with Crippen LogP contribution in [0.25, 0.3) is 0 Å². The molecule has 1 aliphatic rings. The highest BCUT2D eigenvalue weighted by Crippen LogP contribution is 2.17. The summed E-state index contributed by atoms with van der Waals surface area (Å²) in [4.78, 5) is 26.1. The molecule has 1 aromatic heterocycles. The number of anilines is 1. The number of hydrogen-bond acceptors (Lipinski definition) is 4. The lowest BCUT2D eigenvalue weighted by Crippen LogP contribution is -2.35. The van der Waals surface area contributed by atoms with E-state index in [4.69, 9.17) is 9.15 Å². The topological polar surface area (TPSA) is 71.8 Å². The highest BCUT2D eigenvalue weighted by Gasteiger charge is 2.20. The van der Waals surface area contributed by atoms with E-state index in [0.29, 0.717) is 23.3 Å². The predicted molar refractivity (Wildman–Crippen MR) is 101 cm³/mol. The van der Waals surface area contributed by atoms with Crippen LogP contribution in [0.4, 0.5) is 5.69 Å². The van der Waals surface area contributed by atoms with Crippen LogP contribution in [0, 0.1) is 0 Å². The smallest absolute Gasteiger partial charge is 0.291 e. The van der Waals surface area contributed by atoms with E-state index in [1.165, 1.54) is 0 Å². The van der Waals surface area contributed by atoms with Crippen molar-refractivity contribution in [3.8, 4) is 0 Å². The van der Waals surface area contributed by atoms with E-state index in [1.54, 1.807) is 36.2 Å². The highest BCUT2D eigenvalue weighted by molar-refractivity contribution is 9.10. The van der Waals surface area contributed by atoms with Crippen molar-refractivity contribution in [2.45, 2.75) is 25.4 Å². The molecule has 2 heterocycles. The van der Waals surface area contributed by atoms with Gasteiger partial charge < -0.3 is 19.4 Å². The molecule has 1 fully saturated rings. The summed E-state index contributed by atoms with van der Waals surface area (Å²) in [6.45, 7) is 1.42. The number of nitrogens with zero attached hydrogens (tertiary/aromatic N) is 1. The summed E-state index contributed by atoms with van der Waals surface area (Å²) in [5.41, 5.74) is 1.54. The SMILES string of the molecule is CN(CC1CCCO1)C(=O)Cc1ccc(NC(=O)c2ccc(Br)o2)cc1. The van der Waals surface area contributed by atoms with E-state index in [0.717, 1.165) is 25.0 Å². The monoisotopic (exact) mass is 420 g/mol. The molecule has 3 rings (SSSR count). The Bertz CT molecular complexity index is 766. The largest absolute Gasteiger partial charge is 0.444 e. The molecule has 0 radical (unpaired) electrons. The number of carbonyl (C=O) groups is 2. The third kappa shape index (κ3) is 4.95. The minimum Gasteiger partial charge on any atom is -0.444 e. The number of nitrogens with one attached hydrogen (secondary N) is 1. The molecule has 0 spiro atoms. The molecule has 0 saturated carbocycles. The Kier molecular flexibility index (Phi) is 6.11. The highest BCUT2D eigenvalue weighted by atomic mass is 79.9. The Morgan fingerprint density at radius 1 is 1.23 bits per heavy atom. The Morgan fingerprint density at radius 3 is 2.62 bits per heavy atom. The number of amides is 2. The quantitative estimate of drug-likeness (QED) is 0.776. The van der Waals surface area contributed by atoms with Gasteiger partial charge in [0.25, 0.3) is 5.91 Å². The van der Waals surface area contributed by atoms with Gasteiger partial charge in [0.1, 0.15) is 0 Å². The fourth-order valence-corrected chi connectivity index (χ4v) is 3.15. The third-order valence-corrected chi connectivity index (χ3v) is 4.72. The summed E-state index contributed by atoms with van der Waals surface area (Å²) in [6, 6.07) is 10.5. The van der Waals surface area contributed by atoms with E-state index in [9.17, 15) is 9.59 Å².